The van der Waals surface area contributed by atoms with Gasteiger partial charge in [0.1, 0.15) is 0 Å². The summed E-state index contributed by atoms with van der Waals surface area (Å²) in [5.41, 5.74) is 2.52. The van der Waals surface area contributed by atoms with Crippen molar-refractivity contribution < 1.29 is 4.74 Å². The maximum absolute atomic E-state index is 5.77. The van der Waals surface area contributed by atoms with Gasteiger partial charge in [-0.15, -0.1) is 0 Å². The first-order chi connectivity index (χ1) is 6.77. The van der Waals surface area contributed by atoms with E-state index in [1.165, 1.54) is 11.1 Å². The number of hydrogen-bond donors (Lipinski definition) is 1. The van der Waals surface area contributed by atoms with Gasteiger partial charge in [0, 0.05) is 13.1 Å². The minimum Gasteiger partial charge on any atom is -0.371 e. The van der Waals surface area contributed by atoms with Crippen LogP contribution in [0.3, 0.4) is 0 Å². The van der Waals surface area contributed by atoms with Crippen molar-refractivity contribution in [2.24, 2.45) is 5.84 Å². The smallest absolute Gasteiger partial charge is 0.0968 e. The number of rotatable bonds is 1. The summed E-state index contributed by atoms with van der Waals surface area (Å²) in [5, 5.41) is 1.82. The molecule has 1 aromatic carbocycles. The second kappa shape index (κ2) is 4.09. The first kappa shape index (κ1) is 9.65. The molecule has 2 N–H and O–H groups in total. The summed E-state index contributed by atoms with van der Waals surface area (Å²) < 4.78 is 5.69. The quantitative estimate of drug-likeness (QED) is 0.680. The number of hydrazine groups is 1. The zero-order valence-corrected chi connectivity index (χ0v) is 8.44. The van der Waals surface area contributed by atoms with Crippen LogP contribution >= 0.6 is 0 Å². The van der Waals surface area contributed by atoms with Gasteiger partial charge < -0.3 is 4.74 Å². The van der Waals surface area contributed by atoms with E-state index < -0.39 is 0 Å². The molecular formula is C11H16N2O. The molecule has 1 saturated heterocycles. The van der Waals surface area contributed by atoms with E-state index in [9.17, 15) is 0 Å². The molecule has 3 nitrogen and oxygen atoms in total. The molecular weight excluding hydrogens is 176 g/mol. The van der Waals surface area contributed by atoms with Crippen LogP contribution < -0.4 is 5.84 Å². The number of nitrogens with two attached hydrogens (primary N) is 1. The molecule has 1 unspecified atom stereocenters. The van der Waals surface area contributed by atoms with Crippen LogP contribution in [0, 0.1) is 6.92 Å². The van der Waals surface area contributed by atoms with Gasteiger partial charge in [0.05, 0.1) is 12.7 Å². The van der Waals surface area contributed by atoms with Gasteiger partial charge in [-0.25, -0.2) is 5.01 Å². The monoisotopic (exact) mass is 192 g/mol. The van der Waals surface area contributed by atoms with Crippen LogP contribution in [-0.2, 0) is 4.74 Å². The summed E-state index contributed by atoms with van der Waals surface area (Å²) in [4.78, 5) is 0. The highest BCUT2D eigenvalue weighted by Crippen LogP contribution is 2.23. The topological polar surface area (TPSA) is 38.5 Å². The Morgan fingerprint density at radius 3 is 2.93 bits per heavy atom. The molecule has 3 heteroatoms. The predicted molar refractivity (Wildman–Crippen MR) is 55.6 cm³/mol. The number of nitrogens with zero attached hydrogens (tertiary/aromatic N) is 1. The normalized spacial score (nSPS) is 23.7. The average Bonchev–Trinajstić information content (AvgIpc) is 2.18. The van der Waals surface area contributed by atoms with Gasteiger partial charge in [-0.1, -0.05) is 24.3 Å². The molecule has 1 aliphatic heterocycles. The Morgan fingerprint density at radius 1 is 1.43 bits per heavy atom. The summed E-state index contributed by atoms with van der Waals surface area (Å²) in [6.07, 6.45) is 0.134. The predicted octanol–water partition coefficient (Wildman–Crippen LogP) is 1.24. The molecule has 0 bridgehead atoms. The minimum atomic E-state index is 0.134. The van der Waals surface area contributed by atoms with Crippen molar-refractivity contribution in [3.8, 4) is 0 Å². The highest BCUT2D eigenvalue weighted by molar-refractivity contribution is 5.28. The highest BCUT2D eigenvalue weighted by Gasteiger charge is 2.20. The van der Waals surface area contributed by atoms with Crippen LogP contribution in [0.5, 0.6) is 0 Å². The first-order valence-electron chi connectivity index (χ1n) is 4.94. The summed E-state index contributed by atoms with van der Waals surface area (Å²) in [7, 11) is 0. The van der Waals surface area contributed by atoms with E-state index in [2.05, 4.69) is 19.1 Å². The lowest BCUT2D eigenvalue weighted by atomic mass is 10.0. The fourth-order valence-corrected chi connectivity index (χ4v) is 1.81. The van der Waals surface area contributed by atoms with Crippen molar-refractivity contribution in [2.45, 2.75) is 13.0 Å². The molecule has 1 fully saturated rings. The SMILES string of the molecule is Cc1ccccc1C1CN(N)CCO1. The second-order valence-corrected chi connectivity index (χ2v) is 3.71. The molecule has 76 valence electrons. The van der Waals surface area contributed by atoms with Crippen molar-refractivity contribution in [3.63, 3.8) is 0 Å². The van der Waals surface area contributed by atoms with Gasteiger partial charge in [0.25, 0.3) is 0 Å². The van der Waals surface area contributed by atoms with Crippen molar-refractivity contribution in [1.29, 1.82) is 0 Å². The van der Waals surface area contributed by atoms with Crippen LogP contribution in [0.15, 0.2) is 24.3 Å². The van der Waals surface area contributed by atoms with Gasteiger partial charge in [0.15, 0.2) is 0 Å². The molecule has 2 rings (SSSR count). The Labute approximate surface area is 84.4 Å². The van der Waals surface area contributed by atoms with Crippen LogP contribution in [0.1, 0.15) is 17.2 Å². The third-order valence-corrected chi connectivity index (χ3v) is 2.63. The third kappa shape index (κ3) is 1.95. The van der Waals surface area contributed by atoms with E-state index >= 15 is 0 Å². The second-order valence-electron chi connectivity index (χ2n) is 3.71. The van der Waals surface area contributed by atoms with Gasteiger partial charge in [-0.2, -0.15) is 0 Å². The van der Waals surface area contributed by atoms with E-state index in [0.29, 0.717) is 0 Å². The molecule has 1 heterocycles. The molecule has 14 heavy (non-hydrogen) atoms. The lowest BCUT2D eigenvalue weighted by molar-refractivity contribution is -0.0307. The van der Waals surface area contributed by atoms with E-state index in [1.807, 2.05) is 17.1 Å². The maximum Gasteiger partial charge on any atom is 0.0968 e. The van der Waals surface area contributed by atoms with Crippen LogP contribution in [0.25, 0.3) is 0 Å². The molecule has 0 radical (unpaired) electrons. The third-order valence-electron chi connectivity index (χ3n) is 2.63. The Bertz CT molecular complexity index is 314. The van der Waals surface area contributed by atoms with E-state index in [4.69, 9.17) is 10.6 Å². The minimum absolute atomic E-state index is 0.134. The van der Waals surface area contributed by atoms with Gasteiger partial charge in [0.2, 0.25) is 0 Å². The number of aryl methyl sites for hydroxylation is 1. The number of ether oxygens (including phenoxy) is 1. The fraction of sp³-hybridized carbons (Fsp3) is 0.455. The summed E-state index contributed by atoms with van der Waals surface area (Å²) in [5.74, 6) is 5.77. The molecule has 0 amide bonds. The average molecular weight is 192 g/mol. The Hall–Kier alpha value is -0.900. The first-order valence-corrected chi connectivity index (χ1v) is 4.94. The molecule has 0 spiro atoms. The summed E-state index contributed by atoms with van der Waals surface area (Å²) >= 11 is 0. The Balaban J connectivity index is 2.18. The molecule has 1 atom stereocenters. The molecule has 0 saturated carbocycles. The Morgan fingerprint density at radius 2 is 2.21 bits per heavy atom. The fourth-order valence-electron chi connectivity index (χ4n) is 1.81. The van der Waals surface area contributed by atoms with Crippen molar-refractivity contribution in [2.75, 3.05) is 19.7 Å². The number of hydrogen-bond acceptors (Lipinski definition) is 3. The molecule has 1 aliphatic rings. The van der Waals surface area contributed by atoms with Crippen molar-refractivity contribution in [1.82, 2.24) is 5.01 Å². The van der Waals surface area contributed by atoms with Crippen LogP contribution in [0.2, 0.25) is 0 Å². The zero-order valence-electron chi connectivity index (χ0n) is 8.44. The molecule has 0 aromatic heterocycles. The highest BCUT2D eigenvalue weighted by atomic mass is 16.5. The Kier molecular flexibility index (Phi) is 2.82. The van der Waals surface area contributed by atoms with Gasteiger partial charge >= 0.3 is 0 Å². The molecule has 0 aliphatic carbocycles. The van der Waals surface area contributed by atoms with Crippen LogP contribution in [-0.4, -0.2) is 24.7 Å². The van der Waals surface area contributed by atoms with Crippen LogP contribution in [0.4, 0.5) is 0 Å². The largest absolute Gasteiger partial charge is 0.371 e. The van der Waals surface area contributed by atoms with Crippen molar-refractivity contribution >= 4 is 0 Å². The maximum atomic E-state index is 5.77. The van der Waals surface area contributed by atoms with Gasteiger partial charge in [-0.3, -0.25) is 5.84 Å². The summed E-state index contributed by atoms with van der Waals surface area (Å²) in [6.45, 7) is 4.43. The van der Waals surface area contributed by atoms with E-state index in [-0.39, 0.29) is 6.10 Å². The van der Waals surface area contributed by atoms with E-state index in [0.717, 1.165) is 19.7 Å². The van der Waals surface area contributed by atoms with Crippen molar-refractivity contribution in [3.05, 3.63) is 35.4 Å². The van der Waals surface area contributed by atoms with E-state index in [1.54, 1.807) is 0 Å². The lowest BCUT2D eigenvalue weighted by Gasteiger charge is -2.30. The zero-order chi connectivity index (χ0) is 9.97. The lowest BCUT2D eigenvalue weighted by Crippen LogP contribution is -2.42. The molecule has 1 aromatic rings. The summed E-state index contributed by atoms with van der Waals surface area (Å²) in [6, 6.07) is 8.30. The standard InChI is InChI=1S/C11H16N2O/c1-9-4-2-3-5-10(9)11-8-13(12)6-7-14-11/h2-5,11H,6-8,12H2,1H3. The number of benzene rings is 1. The van der Waals surface area contributed by atoms with Gasteiger partial charge in [-0.05, 0) is 18.1 Å². The number of morpholine rings is 1.